The Balaban J connectivity index is 2.80. The molecule has 0 saturated carbocycles. The number of benzene rings is 2. The van der Waals surface area contributed by atoms with Crippen LogP contribution in [0.5, 0.6) is 0 Å². The number of aryl methyl sites for hydroxylation is 3. The van der Waals surface area contributed by atoms with Crippen LogP contribution in [-0.4, -0.2) is 0 Å². The summed E-state index contributed by atoms with van der Waals surface area (Å²) in [6.07, 6.45) is 0. The first kappa shape index (κ1) is 13.9. The molecule has 0 N–H and O–H groups in total. The number of hydrogen-bond donors (Lipinski definition) is 0. The zero-order valence-electron chi connectivity index (χ0n) is 13.2. The molecule has 0 aromatic heterocycles. The molecule has 0 bridgehead atoms. The van der Waals surface area contributed by atoms with Crippen LogP contribution in [0.2, 0.25) is 0 Å². The number of hydrogen-bond acceptors (Lipinski definition) is 0. The molecule has 2 aromatic carbocycles. The van der Waals surface area contributed by atoms with Gasteiger partial charge >= 0.3 is 0 Å². The van der Waals surface area contributed by atoms with Crippen molar-refractivity contribution in [2.75, 3.05) is 0 Å². The van der Waals surface area contributed by atoms with Gasteiger partial charge in [-0.25, -0.2) is 0 Å². The molecule has 0 fully saturated rings. The van der Waals surface area contributed by atoms with Crippen LogP contribution in [0.25, 0.3) is 11.1 Å². The van der Waals surface area contributed by atoms with Crippen molar-refractivity contribution in [1.82, 2.24) is 0 Å². The summed E-state index contributed by atoms with van der Waals surface area (Å²) < 4.78 is 0. The SMILES string of the molecule is Cc1cc(C)c(C)c(-c2cc(C)c(C)c(C)c2C)c1. The van der Waals surface area contributed by atoms with Gasteiger partial charge in [0.1, 0.15) is 0 Å². The zero-order chi connectivity index (χ0) is 14.3. The first-order chi connectivity index (χ1) is 8.82. The van der Waals surface area contributed by atoms with E-state index in [2.05, 4.69) is 66.7 Å². The van der Waals surface area contributed by atoms with Crippen LogP contribution in [0.3, 0.4) is 0 Å². The van der Waals surface area contributed by atoms with Crippen molar-refractivity contribution in [2.24, 2.45) is 0 Å². The minimum atomic E-state index is 1.34. The Morgan fingerprint density at radius 3 is 1.63 bits per heavy atom. The lowest BCUT2D eigenvalue weighted by molar-refractivity contribution is 1.21. The van der Waals surface area contributed by atoms with Crippen molar-refractivity contribution in [1.29, 1.82) is 0 Å². The molecule has 0 aliphatic heterocycles. The fourth-order valence-corrected chi connectivity index (χ4v) is 2.81. The predicted molar refractivity (Wildman–Crippen MR) is 85.0 cm³/mol. The van der Waals surface area contributed by atoms with E-state index in [-0.39, 0.29) is 0 Å². The molecule has 0 heterocycles. The molecule has 0 heteroatoms. The topological polar surface area (TPSA) is 0 Å². The third-order valence-electron chi connectivity index (χ3n) is 4.58. The molecule has 0 unspecified atom stereocenters. The van der Waals surface area contributed by atoms with Gasteiger partial charge in [-0.3, -0.25) is 0 Å². The summed E-state index contributed by atoms with van der Waals surface area (Å²) >= 11 is 0. The highest BCUT2D eigenvalue weighted by Gasteiger charge is 2.12. The number of rotatable bonds is 1. The maximum atomic E-state index is 2.35. The Morgan fingerprint density at radius 1 is 0.474 bits per heavy atom. The molecule has 0 saturated heterocycles. The highest BCUT2D eigenvalue weighted by atomic mass is 14.2. The van der Waals surface area contributed by atoms with Crippen LogP contribution >= 0.6 is 0 Å². The first-order valence-corrected chi connectivity index (χ1v) is 6.98. The summed E-state index contributed by atoms with van der Waals surface area (Å²) in [6.45, 7) is 15.5. The van der Waals surface area contributed by atoms with E-state index < -0.39 is 0 Å². The molecule has 2 rings (SSSR count). The molecule has 0 atom stereocenters. The van der Waals surface area contributed by atoms with E-state index >= 15 is 0 Å². The Kier molecular flexibility index (Phi) is 3.54. The van der Waals surface area contributed by atoms with Crippen molar-refractivity contribution >= 4 is 0 Å². The standard InChI is InChI=1S/C19H24/c1-11-8-12(2)15(5)18(9-11)19-10-13(3)14(4)16(6)17(19)7/h8-10H,1-7H3. The molecule has 100 valence electrons. The van der Waals surface area contributed by atoms with Gasteiger partial charge in [0.2, 0.25) is 0 Å². The minimum Gasteiger partial charge on any atom is -0.0561 e. The second kappa shape index (κ2) is 4.85. The van der Waals surface area contributed by atoms with Crippen LogP contribution in [0.1, 0.15) is 38.9 Å². The van der Waals surface area contributed by atoms with Gasteiger partial charge in [0.25, 0.3) is 0 Å². The van der Waals surface area contributed by atoms with Crippen LogP contribution in [-0.2, 0) is 0 Å². The second-order valence-electron chi connectivity index (χ2n) is 5.87. The van der Waals surface area contributed by atoms with Crippen molar-refractivity contribution < 1.29 is 0 Å². The van der Waals surface area contributed by atoms with Crippen LogP contribution in [0, 0.1) is 48.5 Å². The Labute approximate surface area is 117 Å². The molecular weight excluding hydrogens is 228 g/mol. The van der Waals surface area contributed by atoms with Gasteiger partial charge < -0.3 is 0 Å². The summed E-state index contributed by atoms with van der Waals surface area (Å²) in [5.74, 6) is 0. The van der Waals surface area contributed by atoms with Gasteiger partial charge in [-0.2, -0.15) is 0 Å². The van der Waals surface area contributed by atoms with Crippen molar-refractivity contribution in [2.45, 2.75) is 48.5 Å². The van der Waals surface area contributed by atoms with E-state index in [1.54, 1.807) is 0 Å². The molecule has 0 radical (unpaired) electrons. The van der Waals surface area contributed by atoms with E-state index in [0.29, 0.717) is 0 Å². The third kappa shape index (κ3) is 2.32. The summed E-state index contributed by atoms with van der Waals surface area (Å²) in [5.41, 5.74) is 12.5. The van der Waals surface area contributed by atoms with Crippen LogP contribution in [0.4, 0.5) is 0 Å². The Bertz CT molecular complexity index is 646. The average molecular weight is 252 g/mol. The van der Waals surface area contributed by atoms with Gasteiger partial charge in [0, 0.05) is 0 Å². The normalized spacial score (nSPS) is 10.9. The molecule has 0 amide bonds. The highest BCUT2D eigenvalue weighted by molar-refractivity contribution is 5.74. The maximum Gasteiger partial charge on any atom is -0.0146 e. The molecule has 19 heavy (non-hydrogen) atoms. The van der Waals surface area contributed by atoms with Crippen LogP contribution < -0.4 is 0 Å². The minimum absolute atomic E-state index is 1.34. The smallest absolute Gasteiger partial charge is 0.0146 e. The van der Waals surface area contributed by atoms with Gasteiger partial charge in [-0.15, -0.1) is 0 Å². The largest absolute Gasteiger partial charge is 0.0561 e. The summed E-state index contributed by atoms with van der Waals surface area (Å²) in [7, 11) is 0. The zero-order valence-corrected chi connectivity index (χ0v) is 13.2. The molecular formula is C19H24. The molecule has 0 aliphatic rings. The van der Waals surface area contributed by atoms with Crippen LogP contribution in [0.15, 0.2) is 18.2 Å². The fourth-order valence-electron chi connectivity index (χ4n) is 2.81. The van der Waals surface area contributed by atoms with Crippen molar-refractivity contribution in [3.8, 4) is 11.1 Å². The molecule has 2 aromatic rings. The summed E-state index contributed by atoms with van der Waals surface area (Å²) in [5, 5.41) is 0. The van der Waals surface area contributed by atoms with E-state index in [9.17, 15) is 0 Å². The monoisotopic (exact) mass is 252 g/mol. The van der Waals surface area contributed by atoms with E-state index in [1.165, 1.54) is 50.1 Å². The Morgan fingerprint density at radius 2 is 1.00 bits per heavy atom. The molecule has 0 aliphatic carbocycles. The maximum absolute atomic E-state index is 2.35. The lowest BCUT2D eigenvalue weighted by Gasteiger charge is -2.18. The lowest BCUT2D eigenvalue weighted by atomic mass is 9.87. The quantitative estimate of drug-likeness (QED) is 0.627. The fraction of sp³-hybridized carbons (Fsp3) is 0.368. The first-order valence-electron chi connectivity index (χ1n) is 6.98. The second-order valence-corrected chi connectivity index (χ2v) is 5.87. The summed E-state index contributed by atoms with van der Waals surface area (Å²) in [4.78, 5) is 0. The average Bonchev–Trinajstić information content (AvgIpc) is 2.36. The van der Waals surface area contributed by atoms with Gasteiger partial charge in [0.05, 0.1) is 0 Å². The van der Waals surface area contributed by atoms with E-state index in [0.717, 1.165) is 0 Å². The Hall–Kier alpha value is -1.56. The molecule has 0 nitrogen and oxygen atoms in total. The highest BCUT2D eigenvalue weighted by Crippen LogP contribution is 2.33. The van der Waals surface area contributed by atoms with E-state index in [1.807, 2.05) is 0 Å². The lowest BCUT2D eigenvalue weighted by Crippen LogP contribution is -1.97. The van der Waals surface area contributed by atoms with Gasteiger partial charge in [-0.05, 0) is 93.0 Å². The van der Waals surface area contributed by atoms with Gasteiger partial charge in [0.15, 0.2) is 0 Å². The van der Waals surface area contributed by atoms with Crippen molar-refractivity contribution in [3.63, 3.8) is 0 Å². The predicted octanol–water partition coefficient (Wildman–Crippen LogP) is 5.51. The third-order valence-corrected chi connectivity index (χ3v) is 4.58. The van der Waals surface area contributed by atoms with E-state index in [4.69, 9.17) is 0 Å². The molecule has 0 spiro atoms. The van der Waals surface area contributed by atoms with Crippen molar-refractivity contribution in [3.05, 3.63) is 57.1 Å². The summed E-state index contributed by atoms with van der Waals surface area (Å²) in [6, 6.07) is 6.93. The van der Waals surface area contributed by atoms with Gasteiger partial charge in [-0.1, -0.05) is 23.8 Å².